The van der Waals surface area contributed by atoms with Gasteiger partial charge in [0.1, 0.15) is 23.6 Å². The summed E-state index contributed by atoms with van der Waals surface area (Å²) in [6.45, 7) is 3.59. The Balaban J connectivity index is 2.32. The lowest BCUT2D eigenvalue weighted by atomic mass is 10.4. The van der Waals surface area contributed by atoms with Gasteiger partial charge in [-0.2, -0.15) is 5.10 Å². The van der Waals surface area contributed by atoms with Crippen molar-refractivity contribution in [2.75, 3.05) is 7.11 Å². The SMILES string of the molecule is CCc1nn(CC(=O)OC)c(=O)c2cc3oc(C)cc3n12. The van der Waals surface area contributed by atoms with Gasteiger partial charge < -0.3 is 9.15 Å². The second kappa shape index (κ2) is 4.76. The van der Waals surface area contributed by atoms with Crippen molar-refractivity contribution in [3.05, 3.63) is 34.1 Å². The average molecular weight is 289 g/mol. The number of nitrogens with zero attached hydrogens (tertiary/aromatic N) is 3. The number of carbonyl (C=O) groups is 1. The Bertz CT molecular complexity index is 900. The third kappa shape index (κ3) is 2.01. The van der Waals surface area contributed by atoms with Gasteiger partial charge in [-0.3, -0.25) is 14.0 Å². The van der Waals surface area contributed by atoms with E-state index in [-0.39, 0.29) is 12.1 Å². The minimum absolute atomic E-state index is 0.204. The van der Waals surface area contributed by atoms with Crippen LogP contribution in [0.2, 0.25) is 0 Å². The summed E-state index contributed by atoms with van der Waals surface area (Å²) < 4.78 is 13.1. The van der Waals surface area contributed by atoms with Gasteiger partial charge in [-0.05, 0) is 6.92 Å². The van der Waals surface area contributed by atoms with Gasteiger partial charge in [0.25, 0.3) is 5.56 Å². The number of furan rings is 1. The van der Waals surface area contributed by atoms with Crippen LogP contribution in [0.25, 0.3) is 16.6 Å². The normalized spacial score (nSPS) is 11.4. The lowest BCUT2D eigenvalue weighted by Gasteiger charge is -2.08. The molecule has 7 nitrogen and oxygen atoms in total. The predicted molar refractivity (Wildman–Crippen MR) is 75.4 cm³/mol. The molecule has 0 bridgehead atoms. The van der Waals surface area contributed by atoms with Gasteiger partial charge in [0, 0.05) is 18.6 Å². The topological polar surface area (TPSA) is 78.7 Å². The van der Waals surface area contributed by atoms with Crippen LogP contribution in [0, 0.1) is 6.92 Å². The van der Waals surface area contributed by atoms with E-state index in [0.717, 1.165) is 16.0 Å². The molecule has 3 aromatic heterocycles. The lowest BCUT2D eigenvalue weighted by molar-refractivity contribution is -0.141. The minimum Gasteiger partial charge on any atom is -0.468 e. The second-order valence-corrected chi connectivity index (χ2v) is 4.78. The van der Waals surface area contributed by atoms with Crippen molar-refractivity contribution in [1.29, 1.82) is 0 Å². The van der Waals surface area contributed by atoms with Crippen molar-refractivity contribution in [3.8, 4) is 0 Å². The zero-order chi connectivity index (χ0) is 15.1. The molecular formula is C14H15N3O4. The van der Waals surface area contributed by atoms with Crippen molar-refractivity contribution in [1.82, 2.24) is 14.2 Å². The van der Waals surface area contributed by atoms with Crippen LogP contribution in [0.4, 0.5) is 0 Å². The van der Waals surface area contributed by atoms with E-state index >= 15 is 0 Å². The molecule has 21 heavy (non-hydrogen) atoms. The van der Waals surface area contributed by atoms with Crippen LogP contribution in [0.3, 0.4) is 0 Å². The van der Waals surface area contributed by atoms with E-state index in [0.29, 0.717) is 23.3 Å². The molecule has 0 unspecified atom stereocenters. The van der Waals surface area contributed by atoms with Gasteiger partial charge in [-0.25, -0.2) is 4.68 Å². The predicted octanol–water partition coefficient (Wildman–Crippen LogP) is 1.29. The van der Waals surface area contributed by atoms with Crippen LogP contribution in [0.15, 0.2) is 21.3 Å². The number of methoxy groups -OCH3 is 1. The maximum Gasteiger partial charge on any atom is 0.327 e. The van der Waals surface area contributed by atoms with Gasteiger partial charge in [0.15, 0.2) is 5.58 Å². The first kappa shape index (κ1) is 13.4. The molecule has 3 heterocycles. The number of hydrogen-bond donors (Lipinski definition) is 0. The quantitative estimate of drug-likeness (QED) is 0.679. The molecule has 0 aliphatic heterocycles. The highest BCUT2D eigenvalue weighted by molar-refractivity contribution is 5.83. The van der Waals surface area contributed by atoms with E-state index in [1.54, 1.807) is 10.5 Å². The fraction of sp³-hybridized carbons (Fsp3) is 0.357. The summed E-state index contributed by atoms with van der Waals surface area (Å²) in [5.74, 6) is 0.946. The largest absolute Gasteiger partial charge is 0.468 e. The van der Waals surface area contributed by atoms with E-state index in [1.165, 1.54) is 7.11 Å². The number of fused-ring (bicyclic) bond motifs is 3. The molecule has 110 valence electrons. The fourth-order valence-electron chi connectivity index (χ4n) is 2.44. The number of ether oxygens (including phenoxy) is 1. The summed E-state index contributed by atoms with van der Waals surface area (Å²) in [5, 5.41) is 4.26. The van der Waals surface area contributed by atoms with Gasteiger partial charge in [-0.1, -0.05) is 6.92 Å². The average Bonchev–Trinajstić information content (AvgIpc) is 2.98. The van der Waals surface area contributed by atoms with Crippen LogP contribution < -0.4 is 5.56 Å². The molecule has 7 heteroatoms. The molecule has 0 radical (unpaired) electrons. The maximum absolute atomic E-state index is 12.4. The molecule has 0 N–H and O–H groups in total. The molecule has 3 aromatic rings. The summed E-state index contributed by atoms with van der Waals surface area (Å²) in [4.78, 5) is 23.8. The lowest BCUT2D eigenvalue weighted by Crippen LogP contribution is -2.30. The number of hydrogen-bond acceptors (Lipinski definition) is 5. The van der Waals surface area contributed by atoms with Gasteiger partial charge in [-0.15, -0.1) is 0 Å². The summed E-state index contributed by atoms with van der Waals surface area (Å²) >= 11 is 0. The van der Waals surface area contributed by atoms with E-state index in [2.05, 4.69) is 9.84 Å². The maximum atomic E-state index is 12.4. The van der Waals surface area contributed by atoms with E-state index in [4.69, 9.17) is 4.42 Å². The standard InChI is InChI=1S/C14H15N3O4/c1-4-12-15-16(7-13(18)20-3)14(19)10-6-11-9(17(10)12)5-8(2)21-11/h5-6H,4,7H2,1-3H3. The summed E-state index contributed by atoms with van der Waals surface area (Å²) in [7, 11) is 1.28. The van der Waals surface area contributed by atoms with Crippen molar-refractivity contribution < 1.29 is 13.9 Å². The van der Waals surface area contributed by atoms with Crippen LogP contribution >= 0.6 is 0 Å². The molecule has 0 saturated heterocycles. The fourth-order valence-corrected chi connectivity index (χ4v) is 2.44. The highest BCUT2D eigenvalue weighted by atomic mass is 16.5. The Labute approximate surface area is 119 Å². The number of carbonyl (C=O) groups excluding carboxylic acids is 1. The molecule has 0 aliphatic carbocycles. The molecule has 0 spiro atoms. The Morgan fingerprint density at radius 3 is 2.81 bits per heavy atom. The molecule has 3 rings (SSSR count). The number of esters is 1. The van der Waals surface area contributed by atoms with Crippen LogP contribution in [-0.2, 0) is 22.5 Å². The van der Waals surface area contributed by atoms with E-state index in [1.807, 2.05) is 19.9 Å². The first-order chi connectivity index (χ1) is 10.0. The van der Waals surface area contributed by atoms with Gasteiger partial charge in [0.2, 0.25) is 0 Å². The summed E-state index contributed by atoms with van der Waals surface area (Å²) in [6, 6.07) is 3.55. The first-order valence-corrected chi connectivity index (χ1v) is 6.63. The molecule has 0 atom stereocenters. The molecule has 0 amide bonds. The van der Waals surface area contributed by atoms with E-state index < -0.39 is 5.97 Å². The Kier molecular flexibility index (Phi) is 3.04. The molecular weight excluding hydrogens is 274 g/mol. The van der Waals surface area contributed by atoms with Crippen LogP contribution in [0.1, 0.15) is 18.5 Å². The minimum atomic E-state index is -0.512. The van der Waals surface area contributed by atoms with Crippen molar-refractivity contribution in [2.45, 2.75) is 26.8 Å². The zero-order valence-electron chi connectivity index (χ0n) is 12.0. The van der Waals surface area contributed by atoms with Crippen molar-refractivity contribution in [2.24, 2.45) is 0 Å². The highest BCUT2D eigenvalue weighted by Crippen LogP contribution is 2.23. The number of aromatic nitrogens is 3. The second-order valence-electron chi connectivity index (χ2n) is 4.78. The zero-order valence-corrected chi connectivity index (χ0v) is 12.0. The molecule has 0 aromatic carbocycles. The Morgan fingerprint density at radius 2 is 2.14 bits per heavy atom. The molecule has 0 aliphatic rings. The molecule has 0 fully saturated rings. The highest BCUT2D eigenvalue weighted by Gasteiger charge is 2.17. The van der Waals surface area contributed by atoms with Crippen LogP contribution in [-0.4, -0.2) is 27.3 Å². The smallest absolute Gasteiger partial charge is 0.327 e. The van der Waals surface area contributed by atoms with Crippen molar-refractivity contribution >= 4 is 22.6 Å². The monoisotopic (exact) mass is 289 g/mol. The van der Waals surface area contributed by atoms with Crippen molar-refractivity contribution in [3.63, 3.8) is 0 Å². The number of rotatable bonds is 3. The van der Waals surface area contributed by atoms with Crippen LogP contribution in [0.5, 0.6) is 0 Å². The first-order valence-electron chi connectivity index (χ1n) is 6.63. The third-order valence-corrected chi connectivity index (χ3v) is 3.38. The van der Waals surface area contributed by atoms with Gasteiger partial charge in [0.05, 0.1) is 12.6 Å². The molecule has 0 saturated carbocycles. The van der Waals surface area contributed by atoms with E-state index in [9.17, 15) is 9.59 Å². The summed E-state index contributed by atoms with van der Waals surface area (Å²) in [6.07, 6.45) is 0.617. The summed E-state index contributed by atoms with van der Waals surface area (Å²) in [5.41, 5.74) is 1.55. The Hall–Kier alpha value is -2.57. The number of aryl methyl sites for hydroxylation is 2. The third-order valence-electron chi connectivity index (χ3n) is 3.38. The van der Waals surface area contributed by atoms with Gasteiger partial charge >= 0.3 is 5.97 Å². The Morgan fingerprint density at radius 1 is 1.38 bits per heavy atom.